The minimum Gasteiger partial charge on any atom is -0.369 e. The van der Waals surface area contributed by atoms with Gasteiger partial charge in [-0.05, 0) is 31.9 Å². The summed E-state index contributed by atoms with van der Waals surface area (Å²) >= 11 is 0. The van der Waals surface area contributed by atoms with Crippen molar-refractivity contribution in [2.45, 2.75) is 45.9 Å². The Morgan fingerprint density at radius 3 is 2.70 bits per heavy atom. The van der Waals surface area contributed by atoms with Crippen molar-refractivity contribution >= 4 is 5.91 Å². The predicted molar refractivity (Wildman–Crippen MR) is 104 cm³/mol. The maximum absolute atomic E-state index is 13.0. The maximum Gasteiger partial charge on any atom is 0.274 e. The number of rotatable bonds is 3. The van der Waals surface area contributed by atoms with E-state index in [0.717, 1.165) is 50.4 Å². The van der Waals surface area contributed by atoms with E-state index in [0.29, 0.717) is 5.69 Å². The van der Waals surface area contributed by atoms with Crippen LogP contribution in [0.5, 0.6) is 0 Å². The highest BCUT2D eigenvalue weighted by atomic mass is 16.5. The molecule has 0 radical (unpaired) electrons. The molecule has 0 aliphatic carbocycles. The molecule has 1 aromatic heterocycles. The van der Waals surface area contributed by atoms with Gasteiger partial charge in [-0.1, -0.05) is 24.3 Å². The topological polar surface area (TPSA) is 61.5 Å². The number of aromatic nitrogens is 2. The van der Waals surface area contributed by atoms with E-state index < -0.39 is 0 Å². The standard InChI is InChI=1S/C21H28N4O2/c1-14-6-4-5-7-17(14)13-24-8-10-25(11-9-24)21(26)20-18-12-15(2)27-16(3)19(18)22-23-20/h4-7,15-16H,8-13H2,1-3H3,(H,22,23)/t15-,16+/m1/s1. The summed E-state index contributed by atoms with van der Waals surface area (Å²) in [6.45, 7) is 10.4. The number of hydrogen-bond acceptors (Lipinski definition) is 4. The van der Waals surface area contributed by atoms with E-state index in [2.05, 4.69) is 46.3 Å². The van der Waals surface area contributed by atoms with Gasteiger partial charge in [0.2, 0.25) is 0 Å². The average molecular weight is 368 g/mol. The van der Waals surface area contributed by atoms with Gasteiger partial charge in [0.25, 0.3) is 5.91 Å². The molecule has 0 spiro atoms. The molecule has 27 heavy (non-hydrogen) atoms. The summed E-state index contributed by atoms with van der Waals surface area (Å²) in [6, 6.07) is 8.51. The molecule has 1 N–H and O–H groups in total. The zero-order chi connectivity index (χ0) is 19.0. The summed E-state index contributed by atoms with van der Waals surface area (Å²) in [5, 5.41) is 7.38. The fourth-order valence-electron chi connectivity index (χ4n) is 4.14. The lowest BCUT2D eigenvalue weighted by atomic mass is 9.99. The third kappa shape index (κ3) is 3.64. The quantitative estimate of drug-likeness (QED) is 0.905. The van der Waals surface area contributed by atoms with E-state index in [4.69, 9.17) is 4.74 Å². The zero-order valence-electron chi connectivity index (χ0n) is 16.4. The zero-order valence-corrected chi connectivity index (χ0v) is 16.4. The molecule has 144 valence electrons. The summed E-state index contributed by atoms with van der Waals surface area (Å²) in [5.41, 5.74) is 5.26. The first-order chi connectivity index (χ1) is 13.0. The Bertz CT molecular complexity index is 823. The molecular formula is C21H28N4O2. The van der Waals surface area contributed by atoms with Crippen LogP contribution >= 0.6 is 0 Å². The lowest BCUT2D eigenvalue weighted by molar-refractivity contribution is -0.00704. The molecule has 0 unspecified atom stereocenters. The molecule has 0 bridgehead atoms. The van der Waals surface area contributed by atoms with E-state index in [-0.39, 0.29) is 18.1 Å². The maximum atomic E-state index is 13.0. The highest BCUT2D eigenvalue weighted by Crippen LogP contribution is 2.30. The number of carbonyl (C=O) groups excluding carboxylic acids is 1. The number of ether oxygens (including phenoxy) is 1. The van der Waals surface area contributed by atoms with Crippen molar-refractivity contribution in [1.82, 2.24) is 20.0 Å². The minimum absolute atomic E-state index is 0.0382. The number of H-pyrrole nitrogens is 1. The predicted octanol–water partition coefficient (Wildman–Crippen LogP) is 2.70. The number of fused-ring (bicyclic) bond motifs is 1. The first kappa shape index (κ1) is 18.2. The molecule has 0 saturated carbocycles. The minimum atomic E-state index is -0.0382. The highest BCUT2D eigenvalue weighted by Gasteiger charge is 2.32. The fourth-order valence-corrected chi connectivity index (χ4v) is 4.14. The van der Waals surface area contributed by atoms with Crippen molar-refractivity contribution in [3.63, 3.8) is 0 Å². The van der Waals surface area contributed by atoms with Crippen molar-refractivity contribution in [3.8, 4) is 0 Å². The third-order valence-corrected chi connectivity index (χ3v) is 5.75. The van der Waals surface area contributed by atoms with Crippen LogP contribution in [-0.4, -0.2) is 58.2 Å². The molecular weight excluding hydrogens is 340 g/mol. The van der Waals surface area contributed by atoms with Crippen LogP contribution in [0.15, 0.2) is 24.3 Å². The number of piperazine rings is 1. The Balaban J connectivity index is 1.40. The van der Waals surface area contributed by atoms with Gasteiger partial charge < -0.3 is 9.64 Å². The van der Waals surface area contributed by atoms with Gasteiger partial charge in [0.05, 0.1) is 17.9 Å². The van der Waals surface area contributed by atoms with Crippen LogP contribution in [0, 0.1) is 6.92 Å². The van der Waals surface area contributed by atoms with Crippen LogP contribution in [0.4, 0.5) is 0 Å². The number of aromatic amines is 1. The monoisotopic (exact) mass is 368 g/mol. The van der Waals surface area contributed by atoms with Gasteiger partial charge in [0.15, 0.2) is 5.69 Å². The Hall–Kier alpha value is -2.18. The van der Waals surface area contributed by atoms with Crippen LogP contribution in [0.25, 0.3) is 0 Å². The summed E-state index contributed by atoms with van der Waals surface area (Å²) < 4.78 is 5.83. The Kier molecular flexibility index (Phi) is 5.02. The number of hydrogen-bond donors (Lipinski definition) is 1. The van der Waals surface area contributed by atoms with Gasteiger partial charge in [-0.15, -0.1) is 0 Å². The first-order valence-electron chi connectivity index (χ1n) is 9.81. The smallest absolute Gasteiger partial charge is 0.274 e. The summed E-state index contributed by atoms with van der Waals surface area (Å²) in [5.74, 6) is 0.0457. The summed E-state index contributed by atoms with van der Waals surface area (Å²) in [7, 11) is 0. The molecule has 1 fully saturated rings. The summed E-state index contributed by atoms with van der Waals surface area (Å²) in [6.07, 6.45) is 0.816. The van der Waals surface area contributed by atoms with E-state index in [1.807, 2.05) is 18.7 Å². The molecule has 1 aromatic carbocycles. The van der Waals surface area contributed by atoms with Crippen LogP contribution in [0.2, 0.25) is 0 Å². The summed E-state index contributed by atoms with van der Waals surface area (Å²) in [4.78, 5) is 17.4. The molecule has 2 aliphatic heterocycles. The van der Waals surface area contributed by atoms with E-state index >= 15 is 0 Å². The highest BCUT2D eigenvalue weighted by molar-refractivity contribution is 5.94. The van der Waals surface area contributed by atoms with Gasteiger partial charge in [-0.25, -0.2) is 0 Å². The second kappa shape index (κ2) is 7.44. The van der Waals surface area contributed by atoms with E-state index in [9.17, 15) is 4.79 Å². The van der Waals surface area contributed by atoms with Crippen molar-refractivity contribution in [3.05, 3.63) is 52.3 Å². The van der Waals surface area contributed by atoms with Gasteiger partial charge in [0, 0.05) is 44.7 Å². The molecule has 6 nitrogen and oxygen atoms in total. The average Bonchev–Trinajstić information content (AvgIpc) is 3.08. The van der Waals surface area contributed by atoms with Crippen LogP contribution in [0.3, 0.4) is 0 Å². The number of amides is 1. The number of nitrogens with zero attached hydrogens (tertiary/aromatic N) is 3. The molecule has 6 heteroatoms. The second-order valence-electron chi connectivity index (χ2n) is 7.75. The molecule has 1 amide bonds. The van der Waals surface area contributed by atoms with Crippen LogP contribution in [0.1, 0.15) is 52.8 Å². The SMILES string of the molecule is Cc1ccccc1CN1CCN(C(=O)c2n[nH]c3c2C[C@@H](C)O[C@H]3C)CC1. The van der Waals surface area contributed by atoms with Gasteiger partial charge in [0.1, 0.15) is 0 Å². The molecule has 2 atom stereocenters. The Morgan fingerprint density at radius 1 is 1.22 bits per heavy atom. The van der Waals surface area contributed by atoms with Crippen LogP contribution < -0.4 is 0 Å². The Morgan fingerprint density at radius 2 is 1.96 bits per heavy atom. The first-order valence-corrected chi connectivity index (χ1v) is 9.81. The van der Waals surface area contributed by atoms with Crippen LogP contribution in [-0.2, 0) is 17.7 Å². The number of nitrogens with one attached hydrogen (secondary N) is 1. The molecule has 3 heterocycles. The normalized spacial score (nSPS) is 23.3. The third-order valence-electron chi connectivity index (χ3n) is 5.75. The van der Waals surface area contributed by atoms with Crippen molar-refractivity contribution < 1.29 is 9.53 Å². The molecule has 2 aromatic rings. The van der Waals surface area contributed by atoms with E-state index in [1.165, 1.54) is 11.1 Å². The van der Waals surface area contributed by atoms with Crippen molar-refractivity contribution in [2.75, 3.05) is 26.2 Å². The number of aryl methyl sites for hydroxylation is 1. The lowest BCUT2D eigenvalue weighted by Gasteiger charge is -2.35. The lowest BCUT2D eigenvalue weighted by Crippen LogP contribution is -2.48. The van der Waals surface area contributed by atoms with Gasteiger partial charge in [-0.3, -0.25) is 14.8 Å². The van der Waals surface area contributed by atoms with Crippen molar-refractivity contribution in [2.24, 2.45) is 0 Å². The number of carbonyl (C=O) groups is 1. The molecule has 1 saturated heterocycles. The van der Waals surface area contributed by atoms with Gasteiger partial charge in [-0.2, -0.15) is 5.10 Å². The van der Waals surface area contributed by atoms with Gasteiger partial charge >= 0.3 is 0 Å². The number of benzene rings is 1. The fraction of sp³-hybridized carbons (Fsp3) is 0.524. The van der Waals surface area contributed by atoms with E-state index in [1.54, 1.807) is 0 Å². The second-order valence-corrected chi connectivity index (χ2v) is 7.75. The largest absolute Gasteiger partial charge is 0.369 e. The molecule has 2 aliphatic rings. The molecule has 4 rings (SSSR count). The van der Waals surface area contributed by atoms with Crippen molar-refractivity contribution in [1.29, 1.82) is 0 Å². The Labute approximate surface area is 160 Å².